The molecule has 3 aromatic rings. The van der Waals surface area contributed by atoms with Gasteiger partial charge in [-0.1, -0.05) is 0 Å². The van der Waals surface area contributed by atoms with E-state index in [1.807, 2.05) is 36.4 Å². The summed E-state index contributed by atoms with van der Waals surface area (Å²) in [6, 6.07) is 17.6. The molecular weight excluding hydrogens is 578 g/mol. The molecule has 244 valence electrons. The van der Waals surface area contributed by atoms with Crippen molar-refractivity contribution in [2.24, 2.45) is 0 Å². The number of carbonyl (C=O) groups is 1. The number of hydrogen-bond donors (Lipinski definition) is 2. The maximum Gasteiger partial charge on any atom is 0.323 e. The van der Waals surface area contributed by atoms with Gasteiger partial charge in [-0.05, 0) is 115 Å². The summed E-state index contributed by atoms with van der Waals surface area (Å²) in [6.07, 6.45) is 6.77. The molecule has 4 unspecified atom stereocenters. The summed E-state index contributed by atoms with van der Waals surface area (Å²) in [7, 11) is 4.32. The first-order valence-corrected chi connectivity index (χ1v) is 16.9. The molecule has 4 aliphatic rings. The Hall–Kier alpha value is -3.96. The Morgan fingerprint density at radius 1 is 0.739 bits per heavy atom. The van der Waals surface area contributed by atoms with Gasteiger partial charge in [0.1, 0.15) is 0 Å². The first-order valence-electron chi connectivity index (χ1n) is 16.9. The van der Waals surface area contributed by atoms with Crippen molar-refractivity contribution in [3.05, 3.63) is 48.5 Å². The minimum atomic E-state index is -0.281. The molecule has 11 nitrogen and oxygen atoms in total. The van der Waals surface area contributed by atoms with Crippen LogP contribution in [0.25, 0.3) is 11.4 Å². The van der Waals surface area contributed by atoms with Crippen molar-refractivity contribution < 1.29 is 9.53 Å². The number of nitrogens with zero attached hydrogens (tertiary/aromatic N) is 7. The molecule has 0 radical (unpaired) electrons. The summed E-state index contributed by atoms with van der Waals surface area (Å²) in [5.74, 6) is 2.14. The number of urea groups is 1. The molecule has 4 saturated heterocycles. The van der Waals surface area contributed by atoms with Gasteiger partial charge in [-0.15, -0.1) is 0 Å². The zero-order chi connectivity index (χ0) is 31.8. The van der Waals surface area contributed by atoms with Crippen molar-refractivity contribution in [1.29, 1.82) is 0 Å². The molecule has 0 saturated carbocycles. The third-order valence-corrected chi connectivity index (χ3v) is 10.4. The average Bonchev–Trinajstić information content (AvgIpc) is 3.53. The fourth-order valence-corrected chi connectivity index (χ4v) is 7.65. The monoisotopic (exact) mass is 625 g/mol. The van der Waals surface area contributed by atoms with E-state index < -0.39 is 0 Å². The fourth-order valence-electron chi connectivity index (χ4n) is 7.65. The third kappa shape index (κ3) is 6.35. The van der Waals surface area contributed by atoms with Crippen LogP contribution in [0.15, 0.2) is 48.5 Å². The average molecular weight is 626 g/mol. The molecule has 46 heavy (non-hydrogen) atoms. The van der Waals surface area contributed by atoms with Gasteiger partial charge in [-0.3, -0.25) is 0 Å². The van der Waals surface area contributed by atoms with Crippen molar-refractivity contribution in [3.8, 4) is 11.4 Å². The molecule has 11 heteroatoms. The number of ether oxygens (including phenoxy) is 1. The highest BCUT2D eigenvalue weighted by Gasteiger charge is 2.40. The van der Waals surface area contributed by atoms with E-state index in [0.717, 1.165) is 74.8 Å². The highest BCUT2D eigenvalue weighted by molar-refractivity contribution is 6.00. The SMILES string of the molecule is CC1CCC(C)N1c1nc(-c2ccc(NC(=O)Nc3ccc(N4CCC(N(C)C)CC4)cc3)cc2)nc(N2C3CCC2COC3)n1. The van der Waals surface area contributed by atoms with Crippen LogP contribution in [0.3, 0.4) is 0 Å². The number of amides is 2. The number of hydrogen-bond acceptors (Lipinski definition) is 9. The number of piperidine rings is 1. The molecule has 7 rings (SSSR count). The molecule has 4 fully saturated rings. The number of morpholine rings is 1. The lowest BCUT2D eigenvalue weighted by atomic mass is 10.0. The number of carbonyl (C=O) groups excluding carboxylic acids is 1. The van der Waals surface area contributed by atoms with E-state index in [4.69, 9.17) is 19.7 Å². The molecule has 2 N–H and O–H groups in total. The number of aromatic nitrogens is 3. The second kappa shape index (κ2) is 13.0. The molecule has 2 bridgehead atoms. The zero-order valence-electron chi connectivity index (χ0n) is 27.5. The number of fused-ring (bicyclic) bond motifs is 2. The van der Waals surface area contributed by atoms with Gasteiger partial charge in [0, 0.05) is 53.8 Å². The van der Waals surface area contributed by atoms with Crippen LogP contribution < -0.4 is 25.3 Å². The lowest BCUT2D eigenvalue weighted by Crippen LogP contribution is -2.47. The minimum Gasteiger partial charge on any atom is -0.377 e. The van der Waals surface area contributed by atoms with E-state index in [-0.39, 0.29) is 6.03 Å². The molecular formula is C35H47N9O2. The van der Waals surface area contributed by atoms with E-state index in [9.17, 15) is 4.79 Å². The first kappa shape index (κ1) is 30.7. The van der Waals surface area contributed by atoms with Gasteiger partial charge < -0.3 is 35.0 Å². The first-order chi connectivity index (χ1) is 22.3. The maximum absolute atomic E-state index is 12.9. The molecule has 0 aliphatic carbocycles. The van der Waals surface area contributed by atoms with Gasteiger partial charge in [0.25, 0.3) is 0 Å². The van der Waals surface area contributed by atoms with Gasteiger partial charge in [0.05, 0.1) is 25.3 Å². The Morgan fingerprint density at radius 2 is 1.28 bits per heavy atom. The van der Waals surface area contributed by atoms with E-state index >= 15 is 0 Å². The second-order valence-electron chi connectivity index (χ2n) is 13.7. The van der Waals surface area contributed by atoms with E-state index in [0.29, 0.717) is 54.9 Å². The fraction of sp³-hybridized carbons (Fsp3) is 0.543. The minimum absolute atomic E-state index is 0.281. The quantitative estimate of drug-likeness (QED) is 0.355. The summed E-state index contributed by atoms with van der Waals surface area (Å²) in [5.41, 5.74) is 3.54. The topological polar surface area (TPSA) is 102 Å². The van der Waals surface area contributed by atoms with Crippen LogP contribution >= 0.6 is 0 Å². The summed E-state index contributed by atoms with van der Waals surface area (Å²) < 4.78 is 5.84. The van der Waals surface area contributed by atoms with Gasteiger partial charge in [0.2, 0.25) is 11.9 Å². The van der Waals surface area contributed by atoms with Crippen molar-refractivity contribution >= 4 is 35.0 Å². The van der Waals surface area contributed by atoms with Crippen molar-refractivity contribution in [2.75, 3.05) is 65.7 Å². The Balaban J connectivity index is 1.03. The number of anilines is 5. The van der Waals surface area contributed by atoms with Crippen LogP contribution in [0.1, 0.15) is 52.4 Å². The summed E-state index contributed by atoms with van der Waals surface area (Å²) in [5, 5.41) is 5.93. The Labute approximate surface area is 272 Å². The van der Waals surface area contributed by atoms with Crippen LogP contribution in [0.5, 0.6) is 0 Å². The zero-order valence-corrected chi connectivity index (χ0v) is 27.5. The highest BCUT2D eigenvalue weighted by Crippen LogP contribution is 2.36. The van der Waals surface area contributed by atoms with Crippen molar-refractivity contribution in [1.82, 2.24) is 19.9 Å². The smallest absolute Gasteiger partial charge is 0.323 e. The lowest BCUT2D eigenvalue weighted by Gasteiger charge is -2.36. The van der Waals surface area contributed by atoms with E-state index in [1.54, 1.807) is 0 Å². The normalized spacial score (nSPS) is 24.9. The molecule has 5 heterocycles. The standard InChI is InChI=1S/C35H47N9O2/c1-23-5-6-24(2)43(23)33-38-32(39-34(40-33)44-30-15-16-31(44)22-46-21-30)25-7-9-26(10-8-25)36-35(45)37-27-11-13-29(14-12-27)42-19-17-28(18-20-42)41(3)4/h7-14,23-24,28,30-31H,5-6,15-22H2,1-4H3,(H2,36,37,45). The van der Waals surface area contributed by atoms with Gasteiger partial charge in [-0.2, -0.15) is 15.0 Å². The third-order valence-electron chi connectivity index (χ3n) is 10.4. The molecule has 2 aromatic carbocycles. The summed E-state index contributed by atoms with van der Waals surface area (Å²) >= 11 is 0. The van der Waals surface area contributed by atoms with Crippen molar-refractivity contribution in [2.45, 2.75) is 82.6 Å². The van der Waals surface area contributed by atoms with Crippen molar-refractivity contribution in [3.63, 3.8) is 0 Å². The van der Waals surface area contributed by atoms with E-state index in [2.05, 4.69) is 70.3 Å². The lowest BCUT2D eigenvalue weighted by molar-refractivity contribution is 0.0897. The molecule has 1 aromatic heterocycles. The molecule has 0 spiro atoms. The van der Waals surface area contributed by atoms with Crippen LogP contribution in [0.2, 0.25) is 0 Å². The van der Waals surface area contributed by atoms with Gasteiger partial charge in [-0.25, -0.2) is 4.79 Å². The molecule has 4 atom stereocenters. The second-order valence-corrected chi connectivity index (χ2v) is 13.7. The Kier molecular flexibility index (Phi) is 8.70. The van der Waals surface area contributed by atoms with Crippen LogP contribution in [0, 0.1) is 0 Å². The van der Waals surface area contributed by atoms with Crippen LogP contribution in [-0.4, -0.2) is 96.5 Å². The molecule has 2 amide bonds. The predicted molar refractivity (Wildman–Crippen MR) is 184 cm³/mol. The largest absolute Gasteiger partial charge is 0.377 e. The van der Waals surface area contributed by atoms with E-state index in [1.165, 1.54) is 5.69 Å². The number of benzene rings is 2. The highest BCUT2D eigenvalue weighted by atomic mass is 16.5. The maximum atomic E-state index is 12.9. The Morgan fingerprint density at radius 3 is 1.85 bits per heavy atom. The molecule has 4 aliphatic heterocycles. The Bertz CT molecular complexity index is 1480. The van der Waals surface area contributed by atoms with Gasteiger partial charge in [0.15, 0.2) is 5.82 Å². The summed E-state index contributed by atoms with van der Waals surface area (Å²) in [6.45, 7) is 8.02. The summed E-state index contributed by atoms with van der Waals surface area (Å²) in [4.78, 5) is 37.4. The number of nitrogens with one attached hydrogen (secondary N) is 2. The number of rotatable bonds is 7. The van der Waals surface area contributed by atoms with Crippen LogP contribution in [-0.2, 0) is 4.74 Å². The van der Waals surface area contributed by atoms with Gasteiger partial charge >= 0.3 is 6.03 Å². The van der Waals surface area contributed by atoms with Crippen LogP contribution in [0.4, 0.5) is 33.8 Å². The predicted octanol–water partition coefficient (Wildman–Crippen LogP) is 5.46.